The smallest absolute Gasteiger partial charge is 0.335 e. The zero-order valence-corrected chi connectivity index (χ0v) is 22.4. The Morgan fingerprint density at radius 1 is 0.974 bits per heavy atom. The fourth-order valence-corrected chi connectivity index (χ4v) is 4.55. The number of anilines is 2. The molecule has 1 aliphatic heterocycles. The largest absolute Gasteiger partial charge is 0.496 e. The van der Waals surface area contributed by atoms with Crippen molar-refractivity contribution in [2.45, 2.75) is 34.3 Å². The molecule has 1 heterocycles. The van der Waals surface area contributed by atoms with Crippen LogP contribution in [-0.4, -0.2) is 30.9 Å². The first kappa shape index (κ1) is 27.1. The summed E-state index contributed by atoms with van der Waals surface area (Å²) in [5.74, 6) is -0.492. The van der Waals surface area contributed by atoms with Crippen molar-refractivity contribution in [3.05, 3.63) is 88.0 Å². The molecule has 3 aromatic carbocycles. The second-order valence-corrected chi connectivity index (χ2v) is 9.27. The maximum atomic E-state index is 13.5. The molecule has 1 aliphatic rings. The molecule has 0 aliphatic carbocycles. The Bertz CT molecular complexity index is 1480. The van der Waals surface area contributed by atoms with Crippen LogP contribution in [0.5, 0.6) is 11.5 Å². The molecular formula is C30H29N3O6. The molecule has 2 N–H and O–H groups in total. The van der Waals surface area contributed by atoms with E-state index in [4.69, 9.17) is 9.47 Å². The molecule has 0 aromatic heterocycles. The van der Waals surface area contributed by atoms with Crippen LogP contribution in [0.2, 0.25) is 0 Å². The lowest BCUT2D eigenvalue weighted by atomic mass is 10.0. The van der Waals surface area contributed by atoms with Gasteiger partial charge in [-0.2, -0.15) is 0 Å². The molecule has 9 heteroatoms. The molecule has 200 valence electrons. The number of rotatable bonds is 7. The molecule has 1 fully saturated rings. The number of carbonyl (C=O) groups is 4. The van der Waals surface area contributed by atoms with Gasteiger partial charge in [0, 0.05) is 18.2 Å². The highest BCUT2D eigenvalue weighted by Crippen LogP contribution is 2.30. The minimum atomic E-state index is -0.787. The highest BCUT2D eigenvalue weighted by molar-refractivity contribution is 6.39. The summed E-state index contributed by atoms with van der Waals surface area (Å²) in [6, 6.07) is 15.1. The number of ether oxygens (including phenoxy) is 2. The number of carbonyl (C=O) groups excluding carboxylic acids is 4. The summed E-state index contributed by atoms with van der Waals surface area (Å²) in [6.07, 6.45) is 1.45. The highest BCUT2D eigenvalue weighted by Gasteiger charge is 2.38. The van der Waals surface area contributed by atoms with E-state index in [0.717, 1.165) is 21.6 Å². The van der Waals surface area contributed by atoms with Crippen LogP contribution in [-0.2, 0) is 21.0 Å². The van der Waals surface area contributed by atoms with Crippen molar-refractivity contribution >= 4 is 41.2 Å². The lowest BCUT2D eigenvalue weighted by molar-refractivity contribution is -0.122. The molecule has 9 nitrogen and oxygen atoms in total. The number of benzene rings is 3. The van der Waals surface area contributed by atoms with Gasteiger partial charge >= 0.3 is 6.03 Å². The zero-order valence-electron chi connectivity index (χ0n) is 22.4. The third-order valence-electron chi connectivity index (χ3n) is 6.15. The first-order chi connectivity index (χ1) is 18.6. The Balaban J connectivity index is 1.61. The Hall–Kier alpha value is -4.92. The number of barbiturate groups is 1. The zero-order chi connectivity index (χ0) is 28.3. The van der Waals surface area contributed by atoms with Crippen molar-refractivity contribution in [3.8, 4) is 11.5 Å². The molecule has 0 bridgehead atoms. The van der Waals surface area contributed by atoms with E-state index in [0.29, 0.717) is 34.0 Å². The number of amides is 5. The van der Waals surface area contributed by atoms with E-state index in [1.165, 1.54) is 20.1 Å². The summed E-state index contributed by atoms with van der Waals surface area (Å²) in [7, 11) is 1.53. The van der Waals surface area contributed by atoms with Gasteiger partial charge in [-0.25, -0.2) is 9.69 Å². The van der Waals surface area contributed by atoms with Gasteiger partial charge in [-0.1, -0.05) is 23.8 Å². The second-order valence-electron chi connectivity index (χ2n) is 9.27. The number of hydrogen-bond donors (Lipinski definition) is 2. The number of urea groups is 1. The van der Waals surface area contributed by atoms with Crippen LogP contribution in [0.1, 0.15) is 34.7 Å². The Morgan fingerprint density at radius 3 is 2.26 bits per heavy atom. The minimum Gasteiger partial charge on any atom is -0.496 e. The van der Waals surface area contributed by atoms with Gasteiger partial charge in [-0.05, 0) is 79.9 Å². The molecule has 0 unspecified atom stereocenters. The average Bonchev–Trinajstić information content (AvgIpc) is 2.87. The van der Waals surface area contributed by atoms with Crippen molar-refractivity contribution in [1.82, 2.24) is 5.32 Å². The monoisotopic (exact) mass is 527 g/mol. The maximum Gasteiger partial charge on any atom is 0.335 e. The van der Waals surface area contributed by atoms with Gasteiger partial charge in [0.2, 0.25) is 5.91 Å². The molecule has 5 amide bonds. The predicted molar refractivity (Wildman–Crippen MR) is 148 cm³/mol. The summed E-state index contributed by atoms with van der Waals surface area (Å²) in [4.78, 5) is 51.1. The topological polar surface area (TPSA) is 114 Å². The summed E-state index contributed by atoms with van der Waals surface area (Å²) in [6.45, 7) is 7.15. The third kappa shape index (κ3) is 5.98. The maximum absolute atomic E-state index is 13.5. The van der Waals surface area contributed by atoms with Crippen LogP contribution < -0.4 is 25.0 Å². The van der Waals surface area contributed by atoms with Crippen LogP contribution in [0, 0.1) is 20.8 Å². The highest BCUT2D eigenvalue weighted by atomic mass is 16.5. The molecule has 0 saturated carbocycles. The number of methoxy groups -OCH3 is 1. The van der Waals surface area contributed by atoms with Crippen LogP contribution >= 0.6 is 0 Å². The van der Waals surface area contributed by atoms with Gasteiger partial charge in [-0.3, -0.25) is 19.7 Å². The number of hydrogen-bond acceptors (Lipinski definition) is 6. The SMILES string of the molecule is COc1ccc(/C=C2\C(=O)NC(=O)N(c3c(C)cc(C)cc3C)C2=O)cc1COc1ccc(NC(C)=O)cc1. The summed E-state index contributed by atoms with van der Waals surface area (Å²) in [5.41, 5.74) is 4.68. The van der Waals surface area contributed by atoms with Crippen LogP contribution in [0.3, 0.4) is 0 Å². The molecule has 0 radical (unpaired) electrons. The van der Waals surface area contributed by atoms with E-state index in [9.17, 15) is 19.2 Å². The van der Waals surface area contributed by atoms with Gasteiger partial charge in [-0.15, -0.1) is 0 Å². The Labute approximate surface area is 226 Å². The molecule has 4 rings (SSSR count). The predicted octanol–water partition coefficient (Wildman–Crippen LogP) is 4.82. The fourth-order valence-electron chi connectivity index (χ4n) is 4.55. The van der Waals surface area contributed by atoms with Crippen molar-refractivity contribution in [1.29, 1.82) is 0 Å². The van der Waals surface area contributed by atoms with Crippen molar-refractivity contribution in [3.63, 3.8) is 0 Å². The number of aryl methyl sites for hydroxylation is 3. The lowest BCUT2D eigenvalue weighted by Crippen LogP contribution is -2.54. The summed E-state index contributed by atoms with van der Waals surface area (Å²) in [5, 5.41) is 4.98. The third-order valence-corrected chi connectivity index (χ3v) is 6.15. The van der Waals surface area contributed by atoms with Gasteiger partial charge in [0.15, 0.2) is 0 Å². The Kier molecular flexibility index (Phi) is 7.80. The van der Waals surface area contributed by atoms with Gasteiger partial charge in [0.05, 0.1) is 12.8 Å². The molecule has 1 saturated heterocycles. The number of imide groups is 2. The normalized spacial score (nSPS) is 14.3. The van der Waals surface area contributed by atoms with Gasteiger partial charge < -0.3 is 14.8 Å². The standard InChI is InChI=1S/C30H29N3O6/c1-17-12-18(2)27(19(3)13-17)33-29(36)25(28(35)32-30(33)37)15-21-6-11-26(38-5)22(14-21)16-39-24-9-7-23(8-10-24)31-20(4)34/h6-15H,16H2,1-5H3,(H,31,34)(H,32,35,37)/b25-15+. The van der Waals surface area contributed by atoms with Crippen molar-refractivity contribution in [2.75, 3.05) is 17.3 Å². The van der Waals surface area contributed by atoms with Crippen molar-refractivity contribution in [2.24, 2.45) is 0 Å². The first-order valence-corrected chi connectivity index (χ1v) is 12.2. The minimum absolute atomic E-state index is 0.145. The van der Waals surface area contributed by atoms with Crippen LogP contribution in [0.4, 0.5) is 16.2 Å². The van der Waals surface area contributed by atoms with E-state index in [2.05, 4.69) is 10.6 Å². The molecular weight excluding hydrogens is 498 g/mol. The lowest BCUT2D eigenvalue weighted by Gasteiger charge is -2.29. The molecule has 0 spiro atoms. The van der Waals surface area contributed by atoms with Crippen LogP contribution in [0.25, 0.3) is 6.08 Å². The number of nitrogens with one attached hydrogen (secondary N) is 2. The van der Waals surface area contributed by atoms with Gasteiger partial charge in [0.1, 0.15) is 23.7 Å². The van der Waals surface area contributed by atoms with E-state index >= 15 is 0 Å². The molecule has 0 atom stereocenters. The van der Waals surface area contributed by atoms with E-state index < -0.39 is 17.8 Å². The summed E-state index contributed by atoms with van der Waals surface area (Å²) < 4.78 is 11.4. The second kappa shape index (κ2) is 11.2. The fraction of sp³-hybridized carbons (Fsp3) is 0.200. The van der Waals surface area contributed by atoms with E-state index in [1.807, 2.05) is 32.9 Å². The van der Waals surface area contributed by atoms with E-state index in [-0.39, 0.29) is 18.1 Å². The molecule has 3 aromatic rings. The first-order valence-electron chi connectivity index (χ1n) is 12.2. The van der Waals surface area contributed by atoms with Gasteiger partial charge in [0.25, 0.3) is 11.8 Å². The van der Waals surface area contributed by atoms with E-state index in [1.54, 1.807) is 42.5 Å². The quantitative estimate of drug-likeness (QED) is 0.336. The van der Waals surface area contributed by atoms with Crippen molar-refractivity contribution < 1.29 is 28.7 Å². The molecule has 39 heavy (non-hydrogen) atoms. The Morgan fingerprint density at radius 2 is 1.64 bits per heavy atom. The summed E-state index contributed by atoms with van der Waals surface area (Å²) >= 11 is 0. The number of nitrogens with zero attached hydrogens (tertiary/aromatic N) is 1. The average molecular weight is 528 g/mol. The van der Waals surface area contributed by atoms with Crippen LogP contribution in [0.15, 0.2) is 60.2 Å².